The third-order valence-electron chi connectivity index (χ3n) is 2.41. The van der Waals surface area contributed by atoms with Gasteiger partial charge in [-0.2, -0.15) is 0 Å². The van der Waals surface area contributed by atoms with Crippen molar-refractivity contribution >= 4 is 0 Å². The molecule has 1 aliphatic heterocycles. The van der Waals surface area contributed by atoms with E-state index < -0.39 is 0 Å². The predicted octanol–water partition coefficient (Wildman–Crippen LogP) is -0.365. The highest BCUT2D eigenvalue weighted by Crippen LogP contribution is 2.09. The molecule has 1 rings (SSSR count). The molecule has 78 valence electrons. The smallest absolute Gasteiger partial charge is 0.0983 e. The predicted molar refractivity (Wildman–Crippen MR) is 51.5 cm³/mol. The first-order chi connectivity index (χ1) is 6.22. The highest BCUT2D eigenvalue weighted by Gasteiger charge is 2.21. The third kappa shape index (κ3) is 4.04. The minimum absolute atomic E-state index is 0.141. The number of nitrogens with zero attached hydrogens (tertiary/aromatic N) is 1. The summed E-state index contributed by atoms with van der Waals surface area (Å²) in [6, 6.07) is 0.481. The molecule has 2 unspecified atom stereocenters. The van der Waals surface area contributed by atoms with Crippen LogP contribution in [-0.2, 0) is 4.74 Å². The van der Waals surface area contributed by atoms with E-state index in [1.165, 1.54) is 0 Å². The lowest BCUT2D eigenvalue weighted by atomic mass is 10.1. The van der Waals surface area contributed by atoms with Crippen LogP contribution in [0.5, 0.6) is 0 Å². The van der Waals surface area contributed by atoms with E-state index in [1.807, 2.05) is 7.05 Å². The number of ether oxygens (including phenoxy) is 1. The molecule has 0 aromatic rings. The lowest BCUT2D eigenvalue weighted by molar-refractivity contribution is 0.0792. The van der Waals surface area contributed by atoms with Gasteiger partial charge in [-0.3, -0.25) is 4.90 Å². The second-order valence-electron chi connectivity index (χ2n) is 3.78. The molecule has 0 bridgehead atoms. The molecule has 1 aliphatic rings. The van der Waals surface area contributed by atoms with Gasteiger partial charge in [0.05, 0.1) is 12.8 Å². The van der Waals surface area contributed by atoms with E-state index >= 15 is 0 Å². The number of nitrogens with one attached hydrogen (secondary N) is 1. The number of rotatable bonds is 5. The molecule has 13 heavy (non-hydrogen) atoms. The lowest BCUT2D eigenvalue weighted by Crippen LogP contribution is -2.29. The standard InChI is InChI=1S/C9H20N2O2/c1-11(7-13-2)4-3-8-5-9(12)6-10-8/h8-10,12H,3-7H2,1-2H3. The normalized spacial score (nSPS) is 28.6. The molecule has 0 aromatic heterocycles. The van der Waals surface area contributed by atoms with E-state index in [0.29, 0.717) is 12.8 Å². The molecule has 4 heteroatoms. The van der Waals surface area contributed by atoms with Gasteiger partial charge < -0.3 is 15.2 Å². The minimum atomic E-state index is -0.141. The minimum Gasteiger partial charge on any atom is -0.392 e. The molecule has 0 radical (unpaired) electrons. The average molecular weight is 188 g/mol. The summed E-state index contributed by atoms with van der Waals surface area (Å²) < 4.78 is 5.00. The van der Waals surface area contributed by atoms with E-state index in [-0.39, 0.29) is 6.10 Å². The Kier molecular flexibility index (Phi) is 4.66. The Morgan fingerprint density at radius 3 is 2.92 bits per heavy atom. The van der Waals surface area contributed by atoms with E-state index in [0.717, 1.165) is 25.9 Å². The van der Waals surface area contributed by atoms with Crippen molar-refractivity contribution in [3.05, 3.63) is 0 Å². The molecule has 1 fully saturated rings. The maximum Gasteiger partial charge on any atom is 0.0983 e. The van der Waals surface area contributed by atoms with Crippen molar-refractivity contribution in [3.63, 3.8) is 0 Å². The fourth-order valence-electron chi connectivity index (χ4n) is 1.68. The van der Waals surface area contributed by atoms with E-state index in [2.05, 4.69) is 10.2 Å². The fourth-order valence-corrected chi connectivity index (χ4v) is 1.68. The Hall–Kier alpha value is -0.160. The van der Waals surface area contributed by atoms with Crippen LogP contribution < -0.4 is 5.32 Å². The van der Waals surface area contributed by atoms with Gasteiger partial charge in [-0.15, -0.1) is 0 Å². The van der Waals surface area contributed by atoms with E-state index in [4.69, 9.17) is 4.74 Å². The number of aliphatic hydroxyl groups is 1. The Bertz CT molecular complexity index is 144. The van der Waals surface area contributed by atoms with Crippen LogP contribution in [0.15, 0.2) is 0 Å². The Balaban J connectivity index is 2.05. The quantitative estimate of drug-likeness (QED) is 0.578. The molecular formula is C9H20N2O2. The number of hydrogen-bond donors (Lipinski definition) is 2. The molecular weight excluding hydrogens is 168 g/mol. The summed E-state index contributed by atoms with van der Waals surface area (Å²) in [6.07, 6.45) is 1.83. The molecule has 0 amide bonds. The average Bonchev–Trinajstić information content (AvgIpc) is 2.49. The van der Waals surface area contributed by atoms with Gasteiger partial charge in [0.2, 0.25) is 0 Å². The Morgan fingerprint density at radius 1 is 1.62 bits per heavy atom. The van der Waals surface area contributed by atoms with Crippen LogP contribution in [0.4, 0.5) is 0 Å². The molecule has 0 spiro atoms. The molecule has 0 saturated carbocycles. The van der Waals surface area contributed by atoms with Crippen LogP contribution >= 0.6 is 0 Å². The number of β-amino-alcohol motifs (C(OH)–C–C–N with tert-alkyl or cyclic N) is 1. The first-order valence-corrected chi connectivity index (χ1v) is 4.81. The topological polar surface area (TPSA) is 44.7 Å². The number of aliphatic hydroxyl groups excluding tert-OH is 1. The highest BCUT2D eigenvalue weighted by molar-refractivity contribution is 4.81. The van der Waals surface area contributed by atoms with E-state index in [1.54, 1.807) is 7.11 Å². The summed E-state index contributed by atoms with van der Waals surface area (Å²) in [5.41, 5.74) is 0. The summed E-state index contributed by atoms with van der Waals surface area (Å²) >= 11 is 0. The summed E-state index contributed by atoms with van der Waals surface area (Å²) in [7, 11) is 3.74. The van der Waals surface area contributed by atoms with Crippen molar-refractivity contribution in [2.45, 2.75) is 25.0 Å². The monoisotopic (exact) mass is 188 g/mol. The first kappa shape index (κ1) is 10.9. The second-order valence-corrected chi connectivity index (χ2v) is 3.78. The van der Waals surface area contributed by atoms with Crippen LogP contribution in [0.3, 0.4) is 0 Å². The number of hydrogen-bond acceptors (Lipinski definition) is 4. The highest BCUT2D eigenvalue weighted by atomic mass is 16.5. The van der Waals surface area contributed by atoms with Crippen LogP contribution in [0, 0.1) is 0 Å². The fraction of sp³-hybridized carbons (Fsp3) is 1.00. The number of methoxy groups -OCH3 is 1. The Morgan fingerprint density at radius 2 is 2.38 bits per heavy atom. The molecule has 4 nitrogen and oxygen atoms in total. The summed E-state index contributed by atoms with van der Waals surface area (Å²) in [6.45, 7) is 2.44. The third-order valence-corrected chi connectivity index (χ3v) is 2.41. The van der Waals surface area contributed by atoms with Crippen molar-refractivity contribution in [1.82, 2.24) is 10.2 Å². The van der Waals surface area contributed by atoms with Crippen LogP contribution in [-0.4, -0.2) is 56.1 Å². The van der Waals surface area contributed by atoms with E-state index in [9.17, 15) is 5.11 Å². The SMILES string of the molecule is COCN(C)CCC1CC(O)CN1. The van der Waals surface area contributed by atoms with Gasteiger partial charge in [-0.05, 0) is 19.9 Å². The maximum atomic E-state index is 9.27. The van der Waals surface area contributed by atoms with Gasteiger partial charge in [-0.25, -0.2) is 0 Å². The summed E-state index contributed by atoms with van der Waals surface area (Å²) in [4.78, 5) is 2.13. The van der Waals surface area contributed by atoms with Gasteiger partial charge in [-0.1, -0.05) is 0 Å². The first-order valence-electron chi connectivity index (χ1n) is 4.81. The zero-order valence-electron chi connectivity index (χ0n) is 8.49. The Labute approximate surface area is 79.9 Å². The van der Waals surface area contributed by atoms with Gasteiger partial charge in [0.25, 0.3) is 0 Å². The molecule has 0 aliphatic carbocycles. The van der Waals surface area contributed by atoms with Gasteiger partial charge in [0.15, 0.2) is 0 Å². The largest absolute Gasteiger partial charge is 0.392 e. The van der Waals surface area contributed by atoms with Crippen molar-refractivity contribution in [1.29, 1.82) is 0 Å². The molecule has 2 N–H and O–H groups in total. The zero-order valence-corrected chi connectivity index (χ0v) is 8.49. The lowest BCUT2D eigenvalue weighted by Gasteiger charge is -2.17. The molecule has 1 heterocycles. The summed E-state index contributed by atoms with van der Waals surface area (Å²) in [5.74, 6) is 0. The van der Waals surface area contributed by atoms with Gasteiger partial charge in [0.1, 0.15) is 0 Å². The molecule has 0 aromatic carbocycles. The van der Waals surface area contributed by atoms with Crippen LogP contribution in [0.25, 0.3) is 0 Å². The van der Waals surface area contributed by atoms with Crippen LogP contribution in [0.2, 0.25) is 0 Å². The van der Waals surface area contributed by atoms with Crippen LogP contribution in [0.1, 0.15) is 12.8 Å². The van der Waals surface area contributed by atoms with Crippen molar-refractivity contribution < 1.29 is 9.84 Å². The molecule has 1 saturated heterocycles. The summed E-state index contributed by atoms with van der Waals surface area (Å²) in [5, 5.41) is 12.6. The maximum absolute atomic E-state index is 9.27. The van der Waals surface area contributed by atoms with Crippen molar-refractivity contribution in [2.75, 3.05) is 34.0 Å². The van der Waals surface area contributed by atoms with Gasteiger partial charge in [0, 0.05) is 26.2 Å². The van der Waals surface area contributed by atoms with Crippen molar-refractivity contribution in [2.24, 2.45) is 0 Å². The molecule has 2 atom stereocenters. The zero-order chi connectivity index (χ0) is 9.68. The second kappa shape index (κ2) is 5.54. The van der Waals surface area contributed by atoms with Gasteiger partial charge >= 0.3 is 0 Å². The van der Waals surface area contributed by atoms with Crippen molar-refractivity contribution in [3.8, 4) is 0 Å².